The number of nitrogens with zero attached hydrogens (tertiary/aromatic N) is 1. The van der Waals surface area contributed by atoms with Crippen molar-refractivity contribution in [1.29, 1.82) is 0 Å². The van der Waals surface area contributed by atoms with Gasteiger partial charge in [0.2, 0.25) is 0 Å². The fraction of sp³-hybridized carbons (Fsp3) is 0.556. The van der Waals surface area contributed by atoms with Crippen LogP contribution in [0.3, 0.4) is 0 Å². The van der Waals surface area contributed by atoms with E-state index in [2.05, 4.69) is 0 Å². The lowest BCUT2D eigenvalue weighted by Gasteiger charge is -2.29. The monoisotopic (exact) mass is 303 g/mol. The number of carbonyl (C=O) groups excluding carboxylic acids is 2. The second-order valence-electron chi connectivity index (χ2n) is 5.90. The first-order chi connectivity index (χ1) is 10.7. The van der Waals surface area contributed by atoms with Crippen LogP contribution >= 0.6 is 0 Å². The molecule has 1 saturated carbocycles. The molecule has 0 bridgehead atoms. The van der Waals surface area contributed by atoms with Crippen molar-refractivity contribution in [3.63, 3.8) is 0 Å². The summed E-state index contributed by atoms with van der Waals surface area (Å²) in [6.07, 6.45) is 6.00. The Hall–Kier alpha value is -1.84. The van der Waals surface area contributed by atoms with Crippen LogP contribution in [0.5, 0.6) is 0 Å². The molecular weight excluding hydrogens is 278 g/mol. The Morgan fingerprint density at radius 1 is 1.14 bits per heavy atom. The van der Waals surface area contributed by atoms with Crippen molar-refractivity contribution in [3.05, 3.63) is 35.9 Å². The molecule has 2 rings (SSSR count). The van der Waals surface area contributed by atoms with Crippen LogP contribution in [0, 0.1) is 5.92 Å². The maximum atomic E-state index is 12.4. The molecule has 0 spiro atoms. The zero-order valence-corrected chi connectivity index (χ0v) is 13.3. The summed E-state index contributed by atoms with van der Waals surface area (Å²) >= 11 is 0. The molecule has 1 aromatic rings. The predicted octanol–water partition coefficient (Wildman–Crippen LogP) is 3.16. The van der Waals surface area contributed by atoms with Gasteiger partial charge in [0.15, 0.2) is 0 Å². The van der Waals surface area contributed by atoms with E-state index < -0.39 is 11.9 Å². The molecule has 0 aliphatic heterocycles. The molecule has 0 atom stereocenters. The van der Waals surface area contributed by atoms with Gasteiger partial charge in [-0.25, -0.2) is 4.79 Å². The number of ether oxygens (including phenoxy) is 1. The van der Waals surface area contributed by atoms with Crippen LogP contribution in [-0.2, 0) is 20.9 Å². The van der Waals surface area contributed by atoms with Gasteiger partial charge in [0, 0.05) is 13.1 Å². The maximum Gasteiger partial charge on any atom is 0.397 e. The highest BCUT2D eigenvalue weighted by molar-refractivity contribution is 6.32. The molecule has 0 unspecified atom stereocenters. The Morgan fingerprint density at radius 3 is 2.45 bits per heavy atom. The van der Waals surface area contributed by atoms with Gasteiger partial charge in [0.25, 0.3) is 0 Å². The largest absolute Gasteiger partial charge is 0.459 e. The predicted molar refractivity (Wildman–Crippen MR) is 85.1 cm³/mol. The Kier molecular flexibility index (Phi) is 6.44. The van der Waals surface area contributed by atoms with E-state index in [1.54, 1.807) is 11.8 Å². The molecule has 4 heteroatoms. The SMILES string of the molecule is CCOC(=O)C(=O)N(Cc1ccccc1)CC1CCCCC1. The molecule has 22 heavy (non-hydrogen) atoms. The third-order valence-electron chi connectivity index (χ3n) is 4.16. The van der Waals surface area contributed by atoms with Crippen LogP contribution in [0.2, 0.25) is 0 Å². The van der Waals surface area contributed by atoms with Crippen LogP contribution in [0.4, 0.5) is 0 Å². The minimum Gasteiger partial charge on any atom is -0.459 e. The first-order valence-corrected chi connectivity index (χ1v) is 8.20. The van der Waals surface area contributed by atoms with Crippen molar-refractivity contribution in [2.45, 2.75) is 45.6 Å². The molecule has 1 amide bonds. The summed E-state index contributed by atoms with van der Waals surface area (Å²) in [6, 6.07) is 9.80. The summed E-state index contributed by atoms with van der Waals surface area (Å²) in [7, 11) is 0. The fourth-order valence-corrected chi connectivity index (χ4v) is 3.03. The minimum absolute atomic E-state index is 0.229. The highest BCUT2D eigenvalue weighted by Gasteiger charge is 2.26. The van der Waals surface area contributed by atoms with Crippen molar-refractivity contribution in [1.82, 2.24) is 4.90 Å². The van der Waals surface area contributed by atoms with Gasteiger partial charge in [0.1, 0.15) is 0 Å². The number of benzene rings is 1. The average molecular weight is 303 g/mol. The number of amides is 1. The molecule has 0 saturated heterocycles. The highest BCUT2D eigenvalue weighted by Crippen LogP contribution is 2.25. The van der Waals surface area contributed by atoms with Crippen LogP contribution in [0.1, 0.15) is 44.6 Å². The Bertz CT molecular complexity index is 480. The fourth-order valence-electron chi connectivity index (χ4n) is 3.03. The van der Waals surface area contributed by atoms with E-state index in [9.17, 15) is 9.59 Å². The van der Waals surface area contributed by atoms with Gasteiger partial charge >= 0.3 is 11.9 Å². The zero-order valence-electron chi connectivity index (χ0n) is 13.3. The summed E-state index contributed by atoms with van der Waals surface area (Å²) in [4.78, 5) is 25.8. The summed E-state index contributed by atoms with van der Waals surface area (Å²) < 4.78 is 4.88. The number of carbonyl (C=O) groups is 2. The van der Waals surface area contributed by atoms with Gasteiger partial charge in [-0.3, -0.25) is 4.79 Å². The van der Waals surface area contributed by atoms with E-state index in [0.29, 0.717) is 19.0 Å². The Balaban J connectivity index is 2.05. The van der Waals surface area contributed by atoms with Gasteiger partial charge in [-0.1, -0.05) is 49.6 Å². The standard InChI is InChI=1S/C18H25NO3/c1-2-22-18(21)17(20)19(13-15-9-5-3-6-10-15)14-16-11-7-4-8-12-16/h3,5-6,9-10,16H,2,4,7-8,11-14H2,1H3. The molecule has 4 nitrogen and oxygen atoms in total. The van der Waals surface area contributed by atoms with Crippen molar-refractivity contribution >= 4 is 11.9 Å². The van der Waals surface area contributed by atoms with E-state index in [4.69, 9.17) is 4.74 Å². The smallest absolute Gasteiger partial charge is 0.397 e. The third kappa shape index (κ3) is 4.86. The van der Waals surface area contributed by atoms with Gasteiger partial charge in [-0.2, -0.15) is 0 Å². The quantitative estimate of drug-likeness (QED) is 0.620. The first-order valence-electron chi connectivity index (χ1n) is 8.20. The molecule has 1 fully saturated rings. The second-order valence-corrected chi connectivity index (χ2v) is 5.90. The van der Waals surface area contributed by atoms with Crippen molar-refractivity contribution in [2.24, 2.45) is 5.92 Å². The van der Waals surface area contributed by atoms with Gasteiger partial charge < -0.3 is 9.64 Å². The second kappa shape index (κ2) is 8.57. The molecule has 1 aromatic carbocycles. The third-order valence-corrected chi connectivity index (χ3v) is 4.16. The molecule has 1 aliphatic carbocycles. The van der Waals surface area contributed by atoms with Crippen LogP contribution < -0.4 is 0 Å². The van der Waals surface area contributed by atoms with Crippen molar-refractivity contribution in [3.8, 4) is 0 Å². The van der Waals surface area contributed by atoms with Crippen LogP contribution in [-0.4, -0.2) is 29.9 Å². The lowest BCUT2D eigenvalue weighted by molar-refractivity contribution is -0.160. The lowest BCUT2D eigenvalue weighted by Crippen LogP contribution is -2.40. The number of hydrogen-bond donors (Lipinski definition) is 0. The molecule has 120 valence electrons. The highest BCUT2D eigenvalue weighted by atomic mass is 16.5. The molecule has 0 aromatic heterocycles. The molecule has 0 radical (unpaired) electrons. The van der Waals surface area contributed by atoms with Crippen molar-refractivity contribution < 1.29 is 14.3 Å². The summed E-state index contributed by atoms with van der Waals surface area (Å²) in [5, 5.41) is 0. The molecular formula is C18H25NO3. The van der Waals surface area contributed by atoms with Gasteiger partial charge in [-0.15, -0.1) is 0 Å². The van der Waals surface area contributed by atoms with Crippen LogP contribution in [0.25, 0.3) is 0 Å². The van der Waals surface area contributed by atoms with E-state index >= 15 is 0 Å². The number of rotatable bonds is 5. The lowest BCUT2D eigenvalue weighted by atomic mass is 9.89. The summed E-state index contributed by atoms with van der Waals surface area (Å²) in [5.41, 5.74) is 1.04. The molecule has 0 N–H and O–H groups in total. The topological polar surface area (TPSA) is 46.6 Å². The zero-order chi connectivity index (χ0) is 15.8. The number of esters is 1. The Morgan fingerprint density at radius 2 is 1.82 bits per heavy atom. The summed E-state index contributed by atoms with van der Waals surface area (Å²) in [6.45, 7) is 3.06. The van der Waals surface area contributed by atoms with Crippen LogP contribution in [0.15, 0.2) is 30.3 Å². The molecule has 1 aliphatic rings. The molecule has 0 heterocycles. The van der Waals surface area contributed by atoms with Gasteiger partial charge in [0.05, 0.1) is 6.61 Å². The van der Waals surface area contributed by atoms with E-state index in [1.165, 1.54) is 19.3 Å². The van der Waals surface area contributed by atoms with Crippen molar-refractivity contribution in [2.75, 3.05) is 13.2 Å². The van der Waals surface area contributed by atoms with E-state index in [0.717, 1.165) is 18.4 Å². The average Bonchev–Trinajstić information content (AvgIpc) is 2.56. The first kappa shape index (κ1) is 16.5. The maximum absolute atomic E-state index is 12.4. The minimum atomic E-state index is -0.741. The summed E-state index contributed by atoms with van der Waals surface area (Å²) in [5.74, 6) is -0.763. The normalized spacial score (nSPS) is 15.3. The van der Waals surface area contributed by atoms with E-state index in [1.807, 2.05) is 30.3 Å². The van der Waals surface area contributed by atoms with Gasteiger partial charge in [-0.05, 0) is 31.2 Å². The Labute approximate surface area is 132 Å². The number of hydrogen-bond acceptors (Lipinski definition) is 3. The van der Waals surface area contributed by atoms with E-state index in [-0.39, 0.29) is 6.61 Å².